The van der Waals surface area contributed by atoms with Gasteiger partial charge >= 0.3 is 0 Å². The zero-order valence-electron chi connectivity index (χ0n) is 9.67. The van der Waals surface area contributed by atoms with Gasteiger partial charge in [0.1, 0.15) is 5.75 Å². The first kappa shape index (κ1) is 10.5. The first-order valence-electron chi connectivity index (χ1n) is 5.57. The van der Waals surface area contributed by atoms with Gasteiger partial charge in [-0.05, 0) is 48.9 Å². The Morgan fingerprint density at radius 1 is 1.33 bits per heavy atom. The van der Waals surface area contributed by atoms with Crippen LogP contribution in [0.3, 0.4) is 0 Å². The number of nitrogens with two attached hydrogens (primary N) is 1. The summed E-state index contributed by atoms with van der Waals surface area (Å²) in [5.74, 6) is 0.837. The van der Waals surface area contributed by atoms with E-state index in [4.69, 9.17) is 5.73 Å². The molecule has 0 aliphatic heterocycles. The highest BCUT2D eigenvalue weighted by atomic mass is 16.3. The van der Waals surface area contributed by atoms with Crippen LogP contribution in [0, 0.1) is 6.92 Å². The molecule has 0 aromatic heterocycles. The van der Waals surface area contributed by atoms with Crippen LogP contribution in [0.15, 0.2) is 12.1 Å². The maximum Gasteiger partial charge on any atom is 0.120 e. The summed E-state index contributed by atoms with van der Waals surface area (Å²) in [6.45, 7) is 6.37. The predicted octanol–water partition coefficient (Wildman–Crippen LogP) is 2.77. The molecule has 82 valence electrons. The maximum atomic E-state index is 9.89. The Balaban J connectivity index is 2.51. The Morgan fingerprint density at radius 3 is 2.40 bits per heavy atom. The third-order valence-corrected chi connectivity index (χ3v) is 3.33. The molecule has 0 saturated heterocycles. The van der Waals surface area contributed by atoms with E-state index < -0.39 is 0 Å². The first-order chi connectivity index (χ1) is 6.94. The number of hydrogen-bond acceptors (Lipinski definition) is 2. The van der Waals surface area contributed by atoms with E-state index in [1.54, 1.807) is 0 Å². The lowest BCUT2D eigenvalue weighted by Gasteiger charge is -2.17. The highest BCUT2D eigenvalue weighted by Gasteiger charge is 2.42. The largest absolute Gasteiger partial charge is 0.508 e. The fourth-order valence-electron chi connectivity index (χ4n) is 2.13. The van der Waals surface area contributed by atoms with Crippen molar-refractivity contribution in [3.05, 3.63) is 28.8 Å². The average molecular weight is 205 g/mol. The molecule has 1 aromatic carbocycles. The molecule has 1 saturated carbocycles. The van der Waals surface area contributed by atoms with Crippen molar-refractivity contribution < 1.29 is 5.11 Å². The summed E-state index contributed by atoms with van der Waals surface area (Å²) < 4.78 is 0. The standard InChI is InChI=1S/C13H19NO/c1-8(2)10-7-11(13(14)4-5-13)12(15)6-9(10)3/h6-8,15H,4-5,14H2,1-3H3. The average Bonchev–Trinajstić information content (AvgIpc) is 2.83. The minimum Gasteiger partial charge on any atom is -0.508 e. The molecule has 0 radical (unpaired) electrons. The van der Waals surface area contributed by atoms with E-state index in [1.165, 1.54) is 5.56 Å². The predicted molar refractivity (Wildman–Crippen MR) is 62.0 cm³/mol. The fourth-order valence-corrected chi connectivity index (χ4v) is 2.13. The number of benzene rings is 1. The molecule has 1 fully saturated rings. The molecule has 1 aliphatic carbocycles. The monoisotopic (exact) mass is 205 g/mol. The molecule has 3 N–H and O–H groups in total. The third-order valence-electron chi connectivity index (χ3n) is 3.33. The van der Waals surface area contributed by atoms with Crippen molar-refractivity contribution in [3.63, 3.8) is 0 Å². The second-order valence-electron chi connectivity index (χ2n) is 5.04. The summed E-state index contributed by atoms with van der Waals surface area (Å²) in [5, 5.41) is 9.89. The van der Waals surface area contributed by atoms with Gasteiger partial charge in [-0.25, -0.2) is 0 Å². The number of aryl methyl sites for hydroxylation is 1. The number of aromatic hydroxyl groups is 1. The lowest BCUT2D eigenvalue weighted by molar-refractivity contribution is 0.458. The van der Waals surface area contributed by atoms with Gasteiger partial charge in [-0.1, -0.05) is 13.8 Å². The second kappa shape index (κ2) is 3.24. The zero-order valence-corrected chi connectivity index (χ0v) is 9.67. The van der Waals surface area contributed by atoms with Crippen LogP contribution in [0.25, 0.3) is 0 Å². The molecule has 1 aromatic rings. The summed E-state index contributed by atoms with van der Waals surface area (Å²) in [4.78, 5) is 0. The van der Waals surface area contributed by atoms with E-state index >= 15 is 0 Å². The minimum absolute atomic E-state index is 0.249. The Bertz CT molecular complexity index is 392. The van der Waals surface area contributed by atoms with Crippen molar-refractivity contribution in [2.45, 2.75) is 45.1 Å². The summed E-state index contributed by atoms with van der Waals surface area (Å²) in [6, 6.07) is 3.93. The molecule has 0 amide bonds. The van der Waals surface area contributed by atoms with Crippen molar-refractivity contribution in [1.29, 1.82) is 0 Å². The Morgan fingerprint density at radius 2 is 1.93 bits per heavy atom. The molecule has 1 aliphatic rings. The Kier molecular flexibility index (Phi) is 2.27. The highest BCUT2D eigenvalue weighted by Crippen LogP contribution is 2.47. The lowest BCUT2D eigenvalue weighted by Crippen LogP contribution is -2.19. The van der Waals surface area contributed by atoms with E-state index in [2.05, 4.69) is 19.9 Å². The fraction of sp³-hybridized carbons (Fsp3) is 0.538. The number of hydrogen-bond donors (Lipinski definition) is 2. The summed E-state index contributed by atoms with van der Waals surface area (Å²) in [5.41, 5.74) is 9.25. The molecule has 0 bridgehead atoms. The van der Waals surface area contributed by atoms with E-state index in [-0.39, 0.29) is 5.54 Å². The van der Waals surface area contributed by atoms with Crippen molar-refractivity contribution in [2.24, 2.45) is 5.73 Å². The highest BCUT2D eigenvalue weighted by molar-refractivity contribution is 5.48. The van der Waals surface area contributed by atoms with Gasteiger partial charge in [0, 0.05) is 11.1 Å². The molecule has 0 atom stereocenters. The van der Waals surface area contributed by atoms with Gasteiger partial charge in [0.15, 0.2) is 0 Å². The van der Waals surface area contributed by atoms with Gasteiger partial charge in [0.2, 0.25) is 0 Å². The molecule has 2 nitrogen and oxygen atoms in total. The van der Waals surface area contributed by atoms with Crippen molar-refractivity contribution in [1.82, 2.24) is 0 Å². The second-order valence-corrected chi connectivity index (χ2v) is 5.04. The smallest absolute Gasteiger partial charge is 0.120 e. The molecule has 0 spiro atoms. The molecule has 2 rings (SSSR count). The summed E-state index contributed by atoms with van der Waals surface area (Å²) in [7, 11) is 0. The number of phenolic OH excluding ortho intramolecular Hbond substituents is 1. The van der Waals surface area contributed by atoms with Gasteiger partial charge in [0.25, 0.3) is 0 Å². The maximum absolute atomic E-state index is 9.89. The topological polar surface area (TPSA) is 46.2 Å². The quantitative estimate of drug-likeness (QED) is 0.779. The molecular formula is C13H19NO. The van der Waals surface area contributed by atoms with Crippen LogP contribution in [-0.4, -0.2) is 5.11 Å². The molecule has 2 heteroatoms. The number of phenols is 1. The van der Waals surface area contributed by atoms with Crippen LogP contribution < -0.4 is 5.73 Å². The van der Waals surface area contributed by atoms with Crippen molar-refractivity contribution in [3.8, 4) is 5.75 Å². The Labute approximate surface area is 91.1 Å². The zero-order chi connectivity index (χ0) is 11.2. The molecule has 15 heavy (non-hydrogen) atoms. The molecular weight excluding hydrogens is 186 g/mol. The van der Waals surface area contributed by atoms with Crippen LogP contribution in [-0.2, 0) is 5.54 Å². The van der Waals surface area contributed by atoms with Crippen LogP contribution >= 0.6 is 0 Å². The SMILES string of the molecule is Cc1cc(O)c(C2(N)CC2)cc1C(C)C. The summed E-state index contributed by atoms with van der Waals surface area (Å²) in [6.07, 6.45) is 1.97. The van der Waals surface area contributed by atoms with Gasteiger partial charge in [-0.15, -0.1) is 0 Å². The van der Waals surface area contributed by atoms with Crippen LogP contribution in [0.4, 0.5) is 0 Å². The van der Waals surface area contributed by atoms with Gasteiger partial charge in [-0.2, -0.15) is 0 Å². The third kappa shape index (κ3) is 1.74. The van der Waals surface area contributed by atoms with E-state index in [1.807, 2.05) is 13.0 Å². The lowest BCUT2D eigenvalue weighted by atomic mass is 9.92. The van der Waals surface area contributed by atoms with E-state index in [0.29, 0.717) is 11.7 Å². The Hall–Kier alpha value is -1.02. The van der Waals surface area contributed by atoms with Gasteiger partial charge < -0.3 is 10.8 Å². The first-order valence-corrected chi connectivity index (χ1v) is 5.57. The van der Waals surface area contributed by atoms with Gasteiger partial charge in [0.05, 0.1) is 0 Å². The minimum atomic E-state index is -0.249. The van der Waals surface area contributed by atoms with Crippen LogP contribution in [0.2, 0.25) is 0 Å². The van der Waals surface area contributed by atoms with Crippen molar-refractivity contribution >= 4 is 0 Å². The van der Waals surface area contributed by atoms with Gasteiger partial charge in [-0.3, -0.25) is 0 Å². The summed E-state index contributed by atoms with van der Waals surface area (Å²) >= 11 is 0. The normalized spacial score (nSPS) is 18.2. The molecule has 0 unspecified atom stereocenters. The van der Waals surface area contributed by atoms with Crippen molar-refractivity contribution in [2.75, 3.05) is 0 Å². The molecule has 0 heterocycles. The van der Waals surface area contributed by atoms with Crippen LogP contribution in [0.1, 0.15) is 49.3 Å². The van der Waals surface area contributed by atoms with Crippen LogP contribution in [0.5, 0.6) is 5.75 Å². The van der Waals surface area contributed by atoms with E-state index in [9.17, 15) is 5.11 Å². The number of rotatable bonds is 2. The van der Waals surface area contributed by atoms with E-state index in [0.717, 1.165) is 24.0 Å².